The van der Waals surface area contributed by atoms with Gasteiger partial charge in [0.05, 0.1) is 11.2 Å². The van der Waals surface area contributed by atoms with E-state index in [0.717, 1.165) is 12.1 Å². The van der Waals surface area contributed by atoms with Gasteiger partial charge in [0, 0.05) is 41.7 Å². The Labute approximate surface area is 190 Å². The zero-order chi connectivity index (χ0) is 24.3. The van der Waals surface area contributed by atoms with Crippen LogP contribution in [-0.4, -0.2) is 30.4 Å². The van der Waals surface area contributed by atoms with Crippen LogP contribution in [0.1, 0.15) is 11.1 Å². The molecular formula is C21H14F4N4O4S. The summed E-state index contributed by atoms with van der Waals surface area (Å²) in [5, 5.41) is 2.95. The van der Waals surface area contributed by atoms with E-state index in [1.807, 2.05) is 0 Å². The molecule has 0 aliphatic carbocycles. The Morgan fingerprint density at radius 1 is 1.06 bits per heavy atom. The van der Waals surface area contributed by atoms with Crippen LogP contribution in [0.5, 0.6) is 17.2 Å². The third-order valence-electron chi connectivity index (χ3n) is 5.54. The zero-order valence-electron chi connectivity index (χ0n) is 16.9. The first-order valence-electron chi connectivity index (χ1n) is 9.65. The second-order valence-corrected chi connectivity index (χ2v) is 9.16. The smallest absolute Gasteiger partial charge is 0.457 e. The molecule has 3 N–H and O–H groups in total. The normalized spacial score (nSPS) is 19.0. The van der Waals surface area contributed by atoms with Crippen molar-refractivity contribution in [2.45, 2.75) is 10.9 Å². The van der Waals surface area contributed by atoms with Gasteiger partial charge in [0.15, 0.2) is 11.6 Å². The number of nitrogens with zero attached hydrogens (tertiary/aromatic N) is 2. The Hall–Kier alpha value is -3.87. The summed E-state index contributed by atoms with van der Waals surface area (Å²) < 4.78 is 86.0. The maximum Gasteiger partial charge on any atom is 0.534 e. The van der Waals surface area contributed by atoms with E-state index in [9.17, 15) is 26.0 Å². The number of fused-ring (bicyclic) bond motifs is 4. The Kier molecular flexibility index (Phi) is 4.72. The van der Waals surface area contributed by atoms with Crippen LogP contribution in [0.2, 0.25) is 0 Å². The topological polar surface area (TPSA) is 116 Å². The van der Waals surface area contributed by atoms with E-state index in [1.165, 1.54) is 6.33 Å². The molecule has 0 saturated carbocycles. The lowest BCUT2D eigenvalue weighted by atomic mass is 9.72. The first-order chi connectivity index (χ1) is 16.0. The van der Waals surface area contributed by atoms with Gasteiger partial charge in [-0.3, -0.25) is 0 Å². The summed E-state index contributed by atoms with van der Waals surface area (Å²) in [5.41, 5.74) is 1.25. The second-order valence-electron chi connectivity index (χ2n) is 7.63. The molecule has 5 rings (SSSR count). The molecule has 1 spiro atoms. The highest BCUT2D eigenvalue weighted by Crippen LogP contribution is 2.52. The summed E-state index contributed by atoms with van der Waals surface area (Å²) in [6.45, 7) is 0.147. The Balaban J connectivity index is 1.69. The number of hydrogen-bond donors (Lipinski definition) is 2. The summed E-state index contributed by atoms with van der Waals surface area (Å²) in [6, 6.07) is 6.83. The van der Waals surface area contributed by atoms with Gasteiger partial charge < -0.3 is 20.0 Å². The molecule has 0 radical (unpaired) electrons. The minimum absolute atomic E-state index is 0.0229. The van der Waals surface area contributed by atoms with Gasteiger partial charge in [-0.05, 0) is 29.8 Å². The molecule has 3 heterocycles. The van der Waals surface area contributed by atoms with Crippen molar-refractivity contribution in [3.8, 4) is 28.4 Å². The molecule has 0 amide bonds. The van der Waals surface area contributed by atoms with Crippen molar-refractivity contribution < 1.29 is 34.9 Å². The Morgan fingerprint density at radius 2 is 1.76 bits per heavy atom. The van der Waals surface area contributed by atoms with Gasteiger partial charge in [0.2, 0.25) is 0 Å². The van der Waals surface area contributed by atoms with Crippen molar-refractivity contribution in [3.63, 3.8) is 0 Å². The van der Waals surface area contributed by atoms with Gasteiger partial charge >= 0.3 is 15.6 Å². The molecule has 2 aromatic carbocycles. The molecule has 0 fully saturated rings. The number of nitrogens with one attached hydrogen (secondary N) is 1. The standard InChI is InChI=1S/C21H14F4N4O4S/c22-15-5-17-14(4-18(15)33-34(30,31)21(23,24)25)20(6-19(26)29-9-20)13-3-11(1-2-16(13)32-17)12-7-27-10-28-8-12/h1-8,10,29H,9,26H2/t20-/m0/s1. The number of rotatable bonds is 3. The SMILES string of the molecule is NC1=C[C@]2(CN1)c1cc(-c3cncnc3)ccc1Oc1cc(F)c(OS(=O)(=O)C(F)(F)F)cc12. The van der Waals surface area contributed by atoms with E-state index in [0.29, 0.717) is 22.4 Å². The lowest BCUT2D eigenvalue weighted by Crippen LogP contribution is -2.35. The van der Waals surface area contributed by atoms with Gasteiger partial charge in [-0.1, -0.05) is 6.07 Å². The lowest BCUT2D eigenvalue weighted by molar-refractivity contribution is -0.0500. The number of halogens is 4. The highest BCUT2D eigenvalue weighted by Gasteiger charge is 2.50. The molecule has 2 aliphatic heterocycles. The summed E-state index contributed by atoms with van der Waals surface area (Å²) in [7, 11) is -6.10. The highest BCUT2D eigenvalue weighted by atomic mass is 32.2. The van der Waals surface area contributed by atoms with Crippen LogP contribution in [-0.2, 0) is 15.5 Å². The summed E-state index contributed by atoms with van der Waals surface area (Å²) in [4.78, 5) is 7.98. The minimum Gasteiger partial charge on any atom is -0.457 e. The van der Waals surface area contributed by atoms with Gasteiger partial charge in [0.25, 0.3) is 0 Å². The van der Waals surface area contributed by atoms with E-state index in [2.05, 4.69) is 19.5 Å². The quantitative estimate of drug-likeness (QED) is 0.324. The third-order valence-corrected chi connectivity index (χ3v) is 6.51. The lowest BCUT2D eigenvalue weighted by Gasteiger charge is -2.36. The van der Waals surface area contributed by atoms with E-state index in [1.54, 1.807) is 36.7 Å². The molecule has 34 heavy (non-hydrogen) atoms. The molecular weight excluding hydrogens is 480 g/mol. The molecule has 176 valence electrons. The van der Waals surface area contributed by atoms with Crippen LogP contribution >= 0.6 is 0 Å². The average Bonchev–Trinajstić information content (AvgIpc) is 3.17. The van der Waals surface area contributed by atoms with Crippen molar-refractivity contribution in [2.24, 2.45) is 5.73 Å². The fourth-order valence-corrected chi connectivity index (χ4v) is 4.47. The summed E-state index contributed by atoms with van der Waals surface area (Å²) in [5.74, 6) is -1.86. The molecule has 0 bridgehead atoms. The van der Waals surface area contributed by atoms with Crippen LogP contribution in [0, 0.1) is 5.82 Å². The molecule has 1 atom stereocenters. The van der Waals surface area contributed by atoms with Crippen molar-refractivity contribution in [2.75, 3.05) is 6.54 Å². The predicted molar refractivity (Wildman–Crippen MR) is 111 cm³/mol. The minimum atomic E-state index is -6.10. The molecule has 8 nitrogen and oxygen atoms in total. The fraction of sp³-hybridized carbons (Fsp3) is 0.143. The molecule has 3 aromatic rings. The largest absolute Gasteiger partial charge is 0.534 e. The third kappa shape index (κ3) is 3.39. The van der Waals surface area contributed by atoms with E-state index < -0.39 is 32.6 Å². The van der Waals surface area contributed by atoms with Crippen molar-refractivity contribution >= 4 is 10.1 Å². The van der Waals surface area contributed by atoms with Crippen molar-refractivity contribution in [3.05, 3.63) is 77.9 Å². The summed E-state index contributed by atoms with van der Waals surface area (Å²) >= 11 is 0. The van der Waals surface area contributed by atoms with E-state index >= 15 is 0 Å². The van der Waals surface area contributed by atoms with Crippen molar-refractivity contribution in [1.82, 2.24) is 15.3 Å². The predicted octanol–water partition coefficient (Wildman–Crippen LogP) is 3.31. The molecule has 1 aromatic heterocycles. The molecule has 0 saturated heterocycles. The van der Waals surface area contributed by atoms with Gasteiger partial charge in [-0.2, -0.15) is 21.6 Å². The molecule has 0 unspecified atom stereocenters. The number of benzene rings is 2. The second kappa shape index (κ2) is 7.32. The number of alkyl halides is 3. The van der Waals surface area contributed by atoms with Gasteiger partial charge in [0.1, 0.15) is 17.8 Å². The fourth-order valence-electron chi connectivity index (χ4n) is 4.01. The van der Waals surface area contributed by atoms with E-state index in [4.69, 9.17) is 10.5 Å². The van der Waals surface area contributed by atoms with Crippen LogP contribution in [0.3, 0.4) is 0 Å². The maximum absolute atomic E-state index is 14.6. The van der Waals surface area contributed by atoms with Crippen LogP contribution in [0.15, 0.2) is 60.9 Å². The summed E-state index contributed by atoms with van der Waals surface area (Å²) in [6.07, 6.45) is 6.18. The first kappa shape index (κ1) is 21.9. The van der Waals surface area contributed by atoms with Gasteiger partial charge in [-0.25, -0.2) is 14.4 Å². The number of aromatic nitrogens is 2. The Morgan fingerprint density at radius 3 is 2.41 bits per heavy atom. The molecule has 2 aliphatic rings. The number of nitrogens with two attached hydrogens (primary N) is 1. The monoisotopic (exact) mass is 494 g/mol. The van der Waals surface area contributed by atoms with Crippen LogP contribution in [0.25, 0.3) is 11.1 Å². The maximum atomic E-state index is 14.6. The van der Waals surface area contributed by atoms with Crippen LogP contribution in [0.4, 0.5) is 17.6 Å². The van der Waals surface area contributed by atoms with Crippen molar-refractivity contribution in [1.29, 1.82) is 0 Å². The first-order valence-corrected chi connectivity index (χ1v) is 11.1. The van der Waals surface area contributed by atoms with Gasteiger partial charge in [-0.15, -0.1) is 0 Å². The number of hydrogen-bond acceptors (Lipinski definition) is 8. The zero-order valence-corrected chi connectivity index (χ0v) is 17.7. The average molecular weight is 494 g/mol. The molecule has 13 heteroatoms. The van der Waals surface area contributed by atoms with E-state index in [-0.39, 0.29) is 23.7 Å². The highest BCUT2D eigenvalue weighted by molar-refractivity contribution is 7.88. The Bertz CT molecular complexity index is 1450. The number of ether oxygens (including phenoxy) is 1. The van der Waals surface area contributed by atoms with Crippen LogP contribution < -0.4 is 20.0 Å².